The Morgan fingerprint density at radius 3 is 2.13 bits per heavy atom. The van der Waals surface area contributed by atoms with Crippen LogP contribution < -0.4 is 14.9 Å². The molecule has 3 aliphatic rings. The summed E-state index contributed by atoms with van der Waals surface area (Å²) in [5.74, 6) is -0.612. The molecule has 2 aliphatic heterocycles. The van der Waals surface area contributed by atoms with Gasteiger partial charge in [-0.15, -0.1) is 11.8 Å². The molecule has 61 heavy (non-hydrogen) atoms. The summed E-state index contributed by atoms with van der Waals surface area (Å²) in [7, 11) is -10.8. The number of piperazine rings is 1. The summed E-state index contributed by atoms with van der Waals surface area (Å²) in [5.41, 5.74) is -1.13. The average Bonchev–Trinajstić information content (AvgIpc) is 3.23. The summed E-state index contributed by atoms with van der Waals surface area (Å²) in [4.78, 5) is 19.0. The molecule has 17 heteroatoms. The van der Waals surface area contributed by atoms with E-state index in [2.05, 4.69) is 32.1 Å². The molecule has 2 N–H and O–H groups in total. The number of carbonyl (C=O) groups excluding carboxylic acids is 1. The molecule has 2 fully saturated rings. The van der Waals surface area contributed by atoms with Gasteiger partial charge in [-0.1, -0.05) is 47.5 Å². The van der Waals surface area contributed by atoms with Crippen molar-refractivity contribution in [1.82, 2.24) is 14.5 Å². The fraction of sp³-hybridized carbons (Fsp3) is 0.386. The van der Waals surface area contributed by atoms with E-state index in [1.165, 1.54) is 53.4 Å². The second-order valence-electron chi connectivity index (χ2n) is 15.6. The van der Waals surface area contributed by atoms with E-state index in [9.17, 15) is 34.8 Å². The lowest BCUT2D eigenvalue weighted by molar-refractivity contribution is -0.0435. The maximum atomic E-state index is 14.1. The molecule has 7 rings (SSSR count). The number of nitrogens with zero attached hydrogens (tertiary/aromatic N) is 3. The van der Waals surface area contributed by atoms with Crippen molar-refractivity contribution < 1.29 is 34.8 Å². The number of thioether (sulfide) groups is 1. The number of hydrogen-bond acceptors (Lipinski definition) is 10. The molecule has 0 unspecified atom stereocenters. The topological polar surface area (TPSA) is 119 Å². The number of rotatable bonds is 16. The van der Waals surface area contributed by atoms with Gasteiger partial charge in [0.2, 0.25) is 0 Å². The Labute approximate surface area is 365 Å². The van der Waals surface area contributed by atoms with Crippen molar-refractivity contribution >= 4 is 66.1 Å². The second kappa shape index (κ2) is 19.5. The highest BCUT2D eigenvalue weighted by atomic mass is 35.5. The predicted octanol–water partition coefficient (Wildman–Crippen LogP) is 8.57. The molecule has 0 bridgehead atoms. The van der Waals surface area contributed by atoms with E-state index in [-0.39, 0.29) is 11.3 Å². The number of sulfonamides is 1. The lowest BCUT2D eigenvalue weighted by atomic mass is 9.87. The normalized spacial score (nSPS) is 17.5. The van der Waals surface area contributed by atoms with Gasteiger partial charge in [0.25, 0.3) is 25.8 Å². The molecular weight excluding hydrogens is 867 g/mol. The molecule has 0 radical (unpaired) electrons. The molecule has 0 saturated carbocycles. The Bertz CT molecular complexity index is 2410. The minimum absolute atomic E-state index is 0.00677. The van der Waals surface area contributed by atoms with Crippen LogP contribution >= 0.6 is 23.4 Å². The van der Waals surface area contributed by atoms with Crippen molar-refractivity contribution in [3.05, 3.63) is 119 Å². The monoisotopic (exact) mass is 915 g/mol. The Morgan fingerprint density at radius 2 is 1.48 bits per heavy atom. The molecule has 1 amide bonds. The van der Waals surface area contributed by atoms with Crippen molar-refractivity contribution in [2.75, 3.05) is 68.3 Å². The highest BCUT2D eigenvalue weighted by molar-refractivity contribution is 7.99. The first-order valence-corrected chi connectivity index (χ1v) is 24.7. The number of amides is 1. The van der Waals surface area contributed by atoms with Gasteiger partial charge < -0.3 is 15.1 Å². The molecular formula is C44H49ClF3N5O5S3. The summed E-state index contributed by atoms with van der Waals surface area (Å²) in [6.07, 6.45) is 6.02. The van der Waals surface area contributed by atoms with Gasteiger partial charge in [0.1, 0.15) is 4.90 Å². The molecule has 1 aliphatic carbocycles. The molecule has 0 aromatic heterocycles. The van der Waals surface area contributed by atoms with Gasteiger partial charge >= 0.3 is 5.51 Å². The quantitative estimate of drug-likeness (QED) is 0.106. The zero-order valence-electron chi connectivity index (χ0n) is 33.5. The smallest absolute Gasteiger partial charge is 0.380 e. The molecule has 2 saturated heterocycles. The maximum absolute atomic E-state index is 14.1. The third-order valence-electron chi connectivity index (χ3n) is 11.4. The summed E-state index contributed by atoms with van der Waals surface area (Å²) >= 11 is 7.60. The van der Waals surface area contributed by atoms with Crippen LogP contribution in [0.4, 0.5) is 24.5 Å². The van der Waals surface area contributed by atoms with Crippen molar-refractivity contribution in [2.45, 2.75) is 64.8 Å². The van der Waals surface area contributed by atoms with Crippen molar-refractivity contribution in [3.8, 4) is 0 Å². The lowest BCUT2D eigenvalue weighted by Crippen LogP contribution is -2.47. The fourth-order valence-electron chi connectivity index (χ4n) is 7.85. The number of halogens is 4. The predicted molar refractivity (Wildman–Crippen MR) is 237 cm³/mol. The van der Waals surface area contributed by atoms with Crippen LogP contribution in [-0.2, 0) is 19.9 Å². The largest absolute Gasteiger partial charge is 0.501 e. The Kier molecular flexibility index (Phi) is 14.4. The third-order valence-corrected chi connectivity index (χ3v) is 15.7. The number of benzene rings is 4. The molecule has 4 aromatic rings. The number of carbonyl (C=O) groups is 1. The van der Waals surface area contributed by atoms with Crippen LogP contribution in [-0.4, -0.2) is 102 Å². The number of anilines is 2. The van der Waals surface area contributed by atoms with E-state index in [1.54, 1.807) is 12.1 Å². The zero-order valence-corrected chi connectivity index (χ0v) is 36.7. The first kappa shape index (κ1) is 45.0. The summed E-state index contributed by atoms with van der Waals surface area (Å²) < 4.78 is 97.1. The van der Waals surface area contributed by atoms with Gasteiger partial charge in [-0.25, -0.2) is 21.6 Å². The van der Waals surface area contributed by atoms with Crippen LogP contribution in [0.3, 0.4) is 0 Å². The maximum Gasteiger partial charge on any atom is 0.501 e. The summed E-state index contributed by atoms with van der Waals surface area (Å²) in [6, 6.07) is 25.9. The van der Waals surface area contributed by atoms with E-state index >= 15 is 0 Å². The van der Waals surface area contributed by atoms with Gasteiger partial charge in [-0.3, -0.25) is 9.69 Å². The van der Waals surface area contributed by atoms with E-state index < -0.39 is 47.1 Å². The number of sulfone groups is 1. The van der Waals surface area contributed by atoms with Crippen molar-refractivity contribution in [2.24, 2.45) is 0 Å². The van der Waals surface area contributed by atoms with Crippen molar-refractivity contribution in [1.29, 1.82) is 0 Å². The zero-order chi connectivity index (χ0) is 43.2. The van der Waals surface area contributed by atoms with Gasteiger partial charge in [0.15, 0.2) is 0 Å². The number of hydrogen-bond donors (Lipinski definition) is 2. The van der Waals surface area contributed by atoms with E-state index in [0.29, 0.717) is 24.8 Å². The van der Waals surface area contributed by atoms with E-state index in [0.717, 1.165) is 92.8 Å². The Morgan fingerprint density at radius 1 is 0.787 bits per heavy atom. The third kappa shape index (κ3) is 11.3. The van der Waals surface area contributed by atoms with Gasteiger partial charge in [-0.05, 0) is 129 Å². The molecule has 10 nitrogen and oxygen atoms in total. The van der Waals surface area contributed by atoms with Crippen LogP contribution in [0.15, 0.2) is 117 Å². The summed E-state index contributed by atoms with van der Waals surface area (Å²) in [5, 5.41) is 3.71. The minimum atomic E-state index is -6.02. The number of nitrogens with one attached hydrogen (secondary N) is 2. The van der Waals surface area contributed by atoms with Crippen LogP contribution in [0.5, 0.6) is 0 Å². The first-order chi connectivity index (χ1) is 29.2. The highest BCUT2D eigenvalue weighted by Gasteiger charge is 2.48. The number of allylic oxidation sites excluding steroid dienone is 1. The SMILES string of the molecule is O=C(NS(=O)(=O)c1ccc(N[C@H](CCN2CCC2)CSc2ccccc2)c(S(=O)(=O)C(F)(F)F)c1)c1ccc(N2CCN(CC3=C(c4ccc(Cl)cc4)CCCC3)CC2)cc1. The van der Waals surface area contributed by atoms with Gasteiger partial charge in [0.05, 0.1) is 10.6 Å². The fourth-order valence-corrected chi connectivity index (χ4v) is 11.0. The van der Waals surface area contributed by atoms with Crippen LogP contribution in [0, 0.1) is 0 Å². The highest BCUT2D eigenvalue weighted by Crippen LogP contribution is 2.37. The van der Waals surface area contributed by atoms with E-state index in [4.69, 9.17) is 11.6 Å². The second-order valence-corrected chi connectivity index (χ2v) is 20.7. The molecule has 4 aromatic carbocycles. The first-order valence-electron chi connectivity index (χ1n) is 20.4. The molecule has 1 atom stereocenters. The van der Waals surface area contributed by atoms with Crippen molar-refractivity contribution in [3.63, 3.8) is 0 Å². The van der Waals surface area contributed by atoms with Crippen LogP contribution in [0.1, 0.15) is 54.4 Å². The Balaban J connectivity index is 1.01. The molecule has 326 valence electrons. The molecule has 2 heterocycles. The standard InChI is InChI=1S/C44H49ClF3N5O5S3/c45-35-15-11-32(12-16-35)40-10-5-4-7-34(40)30-52-25-27-53(28-26-52)37-17-13-33(14-18-37)43(54)50-61(57,58)39-19-20-41(42(29-39)60(55,56)44(46,47)48)49-36(21-24-51-22-6-23-51)31-59-38-8-2-1-3-9-38/h1-3,8-9,11-20,29,36,49H,4-7,10,21-28,30-31H2,(H,50,54)/t36-/m1/s1. The lowest BCUT2D eigenvalue weighted by Gasteiger charge is -2.37. The van der Waals surface area contributed by atoms with Crippen LogP contribution in [0.2, 0.25) is 5.02 Å². The summed E-state index contributed by atoms with van der Waals surface area (Å²) in [6.45, 7) is 6.53. The van der Waals surface area contributed by atoms with Crippen LogP contribution in [0.25, 0.3) is 5.57 Å². The van der Waals surface area contributed by atoms with Gasteiger partial charge in [-0.2, -0.15) is 13.2 Å². The Hall–Kier alpha value is -4.06. The minimum Gasteiger partial charge on any atom is -0.380 e. The number of likely N-dealkylation sites (tertiary alicyclic amines) is 1. The van der Waals surface area contributed by atoms with Gasteiger partial charge in [0, 0.05) is 72.2 Å². The molecule has 0 spiro atoms. The average molecular weight is 917 g/mol. The number of alkyl halides is 3. The van der Waals surface area contributed by atoms with E-state index in [1.807, 2.05) is 47.2 Å².